The summed E-state index contributed by atoms with van der Waals surface area (Å²) in [6, 6.07) is 2.64. The van der Waals surface area contributed by atoms with Crippen molar-refractivity contribution >= 4 is 11.3 Å². The minimum absolute atomic E-state index is 0.470. The van der Waals surface area contributed by atoms with Crippen LogP contribution in [0.15, 0.2) is 24.0 Å². The van der Waals surface area contributed by atoms with Gasteiger partial charge in [-0.2, -0.15) is 0 Å². The Balaban J connectivity index is 1.90. The molecule has 0 aliphatic carbocycles. The molecule has 0 amide bonds. The highest BCUT2D eigenvalue weighted by atomic mass is 32.1. The Morgan fingerprint density at radius 3 is 2.88 bits per heavy atom. The Labute approximate surface area is 107 Å². The SMILES string of the molecule is Cc1ccsc1CNCc1cncn1C(C)C. The number of imidazole rings is 1. The molecule has 0 saturated heterocycles. The van der Waals surface area contributed by atoms with Crippen molar-refractivity contribution in [2.75, 3.05) is 0 Å². The first-order chi connectivity index (χ1) is 8.18. The summed E-state index contributed by atoms with van der Waals surface area (Å²) in [6.45, 7) is 8.32. The molecule has 17 heavy (non-hydrogen) atoms. The first kappa shape index (κ1) is 12.3. The second-order valence-corrected chi connectivity index (χ2v) is 5.52. The summed E-state index contributed by atoms with van der Waals surface area (Å²) >= 11 is 1.81. The van der Waals surface area contributed by atoms with Crippen molar-refractivity contribution in [3.8, 4) is 0 Å². The largest absolute Gasteiger partial charge is 0.331 e. The number of rotatable bonds is 5. The van der Waals surface area contributed by atoms with Gasteiger partial charge in [0.15, 0.2) is 0 Å². The zero-order chi connectivity index (χ0) is 12.3. The summed E-state index contributed by atoms with van der Waals surface area (Å²) in [5.74, 6) is 0. The molecule has 0 saturated carbocycles. The fourth-order valence-electron chi connectivity index (χ4n) is 1.82. The fraction of sp³-hybridized carbons (Fsp3) is 0.462. The fourth-order valence-corrected chi connectivity index (χ4v) is 2.70. The molecule has 0 aromatic carbocycles. The van der Waals surface area contributed by atoms with E-state index >= 15 is 0 Å². The second kappa shape index (κ2) is 5.47. The van der Waals surface area contributed by atoms with Crippen LogP contribution >= 0.6 is 11.3 Å². The summed E-state index contributed by atoms with van der Waals surface area (Å²) in [7, 11) is 0. The lowest BCUT2D eigenvalue weighted by Gasteiger charge is -2.12. The highest BCUT2D eigenvalue weighted by molar-refractivity contribution is 7.10. The van der Waals surface area contributed by atoms with Crippen LogP contribution in [0.4, 0.5) is 0 Å². The summed E-state index contributed by atoms with van der Waals surface area (Å²) in [5, 5.41) is 5.62. The highest BCUT2D eigenvalue weighted by Crippen LogP contribution is 2.15. The van der Waals surface area contributed by atoms with Gasteiger partial charge in [0.05, 0.1) is 12.0 Å². The molecule has 0 bridgehead atoms. The van der Waals surface area contributed by atoms with Gasteiger partial charge in [-0.1, -0.05) is 0 Å². The summed E-state index contributed by atoms with van der Waals surface area (Å²) in [5.41, 5.74) is 2.62. The van der Waals surface area contributed by atoms with Gasteiger partial charge in [-0.3, -0.25) is 0 Å². The molecule has 2 rings (SSSR count). The van der Waals surface area contributed by atoms with Crippen LogP contribution in [-0.2, 0) is 13.1 Å². The van der Waals surface area contributed by atoms with Gasteiger partial charge in [0, 0.05) is 30.2 Å². The average molecular weight is 249 g/mol. The summed E-state index contributed by atoms with van der Waals surface area (Å²) < 4.78 is 2.20. The Morgan fingerprint density at radius 2 is 2.24 bits per heavy atom. The van der Waals surface area contributed by atoms with E-state index < -0.39 is 0 Å². The molecule has 3 nitrogen and oxygen atoms in total. The zero-order valence-corrected chi connectivity index (χ0v) is 11.4. The normalized spacial score (nSPS) is 11.3. The van der Waals surface area contributed by atoms with Crippen molar-refractivity contribution < 1.29 is 0 Å². The van der Waals surface area contributed by atoms with Gasteiger partial charge in [0.1, 0.15) is 0 Å². The molecule has 0 aliphatic rings. The number of hydrogen-bond acceptors (Lipinski definition) is 3. The number of aromatic nitrogens is 2. The van der Waals surface area contributed by atoms with Crippen LogP contribution in [0.2, 0.25) is 0 Å². The molecule has 2 aromatic rings. The Kier molecular flexibility index (Phi) is 3.97. The predicted molar refractivity (Wildman–Crippen MR) is 72.2 cm³/mol. The van der Waals surface area contributed by atoms with Crippen molar-refractivity contribution in [1.82, 2.24) is 14.9 Å². The van der Waals surface area contributed by atoms with Crippen LogP contribution in [0.3, 0.4) is 0 Å². The van der Waals surface area contributed by atoms with Crippen molar-refractivity contribution in [3.05, 3.63) is 40.1 Å². The van der Waals surface area contributed by atoms with Crippen LogP contribution < -0.4 is 5.32 Å². The molecule has 2 heterocycles. The number of nitrogens with one attached hydrogen (secondary N) is 1. The molecule has 2 aromatic heterocycles. The number of aryl methyl sites for hydroxylation is 1. The lowest BCUT2D eigenvalue weighted by molar-refractivity contribution is 0.551. The molecule has 92 valence electrons. The van der Waals surface area contributed by atoms with Gasteiger partial charge in [-0.05, 0) is 37.8 Å². The molecular formula is C13H19N3S. The third-order valence-electron chi connectivity index (χ3n) is 2.86. The maximum absolute atomic E-state index is 4.20. The van der Waals surface area contributed by atoms with Crippen molar-refractivity contribution in [2.45, 2.75) is 39.9 Å². The average Bonchev–Trinajstić information content (AvgIpc) is 2.88. The van der Waals surface area contributed by atoms with Crippen LogP contribution in [0.1, 0.15) is 36.0 Å². The first-order valence-corrected chi connectivity index (χ1v) is 6.81. The van der Waals surface area contributed by atoms with Gasteiger partial charge in [0.25, 0.3) is 0 Å². The molecule has 0 fully saturated rings. The molecular weight excluding hydrogens is 230 g/mol. The standard InChI is InChI=1S/C13H19N3S/c1-10(2)16-9-15-7-12(16)6-14-8-13-11(3)4-5-17-13/h4-5,7,9-10,14H,6,8H2,1-3H3. The molecule has 1 N–H and O–H groups in total. The molecule has 0 unspecified atom stereocenters. The predicted octanol–water partition coefficient (Wildman–Crippen LogP) is 3.12. The Hall–Kier alpha value is -1.13. The number of nitrogens with zero attached hydrogens (tertiary/aromatic N) is 2. The number of hydrogen-bond donors (Lipinski definition) is 1. The van der Waals surface area contributed by atoms with Gasteiger partial charge in [-0.25, -0.2) is 4.98 Å². The van der Waals surface area contributed by atoms with E-state index in [9.17, 15) is 0 Å². The van der Waals surface area contributed by atoms with Gasteiger partial charge in [0.2, 0.25) is 0 Å². The topological polar surface area (TPSA) is 29.9 Å². The van der Waals surface area contributed by atoms with Crippen molar-refractivity contribution in [3.63, 3.8) is 0 Å². The van der Waals surface area contributed by atoms with Gasteiger partial charge in [-0.15, -0.1) is 11.3 Å². The first-order valence-electron chi connectivity index (χ1n) is 5.93. The monoisotopic (exact) mass is 249 g/mol. The maximum atomic E-state index is 4.20. The van der Waals surface area contributed by atoms with E-state index in [0.29, 0.717) is 6.04 Å². The minimum Gasteiger partial charge on any atom is -0.331 e. The van der Waals surface area contributed by atoms with E-state index in [4.69, 9.17) is 0 Å². The van der Waals surface area contributed by atoms with Gasteiger partial charge >= 0.3 is 0 Å². The van der Waals surface area contributed by atoms with E-state index in [1.165, 1.54) is 16.1 Å². The molecule has 0 aliphatic heterocycles. The van der Waals surface area contributed by atoms with E-state index in [1.54, 1.807) is 0 Å². The molecule has 4 heteroatoms. The van der Waals surface area contributed by atoms with Crippen LogP contribution in [-0.4, -0.2) is 9.55 Å². The quantitative estimate of drug-likeness (QED) is 0.882. The summed E-state index contributed by atoms with van der Waals surface area (Å²) in [6.07, 6.45) is 3.84. The Morgan fingerprint density at radius 1 is 1.41 bits per heavy atom. The van der Waals surface area contributed by atoms with Crippen molar-refractivity contribution in [1.29, 1.82) is 0 Å². The molecule has 0 atom stereocenters. The minimum atomic E-state index is 0.470. The smallest absolute Gasteiger partial charge is 0.0951 e. The zero-order valence-electron chi connectivity index (χ0n) is 10.6. The third-order valence-corrected chi connectivity index (χ3v) is 3.89. The lowest BCUT2D eigenvalue weighted by atomic mass is 10.3. The molecule has 0 radical (unpaired) electrons. The lowest BCUT2D eigenvalue weighted by Crippen LogP contribution is -2.16. The number of thiophene rings is 1. The van der Waals surface area contributed by atoms with E-state index in [2.05, 4.69) is 47.1 Å². The van der Waals surface area contributed by atoms with Crippen LogP contribution in [0.25, 0.3) is 0 Å². The highest BCUT2D eigenvalue weighted by Gasteiger charge is 2.05. The molecule has 0 spiro atoms. The van der Waals surface area contributed by atoms with Gasteiger partial charge < -0.3 is 9.88 Å². The van der Waals surface area contributed by atoms with Crippen LogP contribution in [0.5, 0.6) is 0 Å². The second-order valence-electron chi connectivity index (χ2n) is 4.52. The van der Waals surface area contributed by atoms with E-state index in [1.807, 2.05) is 23.9 Å². The maximum Gasteiger partial charge on any atom is 0.0951 e. The van der Waals surface area contributed by atoms with Crippen LogP contribution in [0, 0.1) is 6.92 Å². The summed E-state index contributed by atoms with van der Waals surface area (Å²) in [4.78, 5) is 5.62. The van der Waals surface area contributed by atoms with E-state index in [0.717, 1.165) is 13.1 Å². The van der Waals surface area contributed by atoms with E-state index in [-0.39, 0.29) is 0 Å². The van der Waals surface area contributed by atoms with Crippen molar-refractivity contribution in [2.24, 2.45) is 0 Å². The third kappa shape index (κ3) is 2.96. The Bertz CT molecular complexity index is 470.